The molecule has 0 aliphatic carbocycles. The van der Waals surface area contributed by atoms with E-state index in [2.05, 4.69) is 59.4 Å². The van der Waals surface area contributed by atoms with Gasteiger partial charge in [-0.1, -0.05) is 27.7 Å². The van der Waals surface area contributed by atoms with Crippen LogP contribution in [0.2, 0.25) is 0 Å². The molecule has 2 heterocycles. The number of imidazole rings is 1. The largest absolute Gasteiger partial charge is 0.324 e. The summed E-state index contributed by atoms with van der Waals surface area (Å²) in [5.41, 5.74) is 0. The van der Waals surface area contributed by atoms with Crippen LogP contribution in [0, 0.1) is 5.92 Å². The highest BCUT2D eigenvalue weighted by atomic mass is 15.2. The average molecular weight is 261 g/mol. The zero-order valence-corrected chi connectivity index (χ0v) is 12.4. The Labute approximate surface area is 114 Å². The highest BCUT2D eigenvalue weighted by molar-refractivity contribution is 5.06. The van der Waals surface area contributed by atoms with Gasteiger partial charge in [-0.05, 0) is 12.8 Å². The number of aromatic amines is 1. The van der Waals surface area contributed by atoms with Crippen LogP contribution in [0.1, 0.15) is 64.1 Å². The number of H-pyrrole nitrogens is 1. The first-order chi connectivity index (χ1) is 8.99. The van der Waals surface area contributed by atoms with E-state index in [0.717, 1.165) is 23.9 Å². The van der Waals surface area contributed by atoms with Crippen LogP contribution < -0.4 is 0 Å². The third-order valence-corrected chi connectivity index (χ3v) is 3.16. The van der Waals surface area contributed by atoms with Crippen LogP contribution >= 0.6 is 0 Å². The van der Waals surface area contributed by atoms with Gasteiger partial charge in [-0.25, -0.2) is 9.97 Å². The highest BCUT2D eigenvalue weighted by Gasteiger charge is 2.18. The third-order valence-electron chi connectivity index (χ3n) is 3.16. The summed E-state index contributed by atoms with van der Waals surface area (Å²) in [7, 11) is 0. The molecule has 0 bridgehead atoms. The number of aromatic nitrogens is 5. The molecule has 0 saturated heterocycles. The molecule has 0 fully saturated rings. The summed E-state index contributed by atoms with van der Waals surface area (Å²) in [6, 6.07) is 0.108. The summed E-state index contributed by atoms with van der Waals surface area (Å²) in [6.45, 7) is 10.8. The van der Waals surface area contributed by atoms with Crippen molar-refractivity contribution in [3.8, 4) is 0 Å². The summed E-state index contributed by atoms with van der Waals surface area (Å²) in [6.07, 6.45) is 4.77. The Balaban J connectivity index is 2.21. The van der Waals surface area contributed by atoms with Gasteiger partial charge in [0.1, 0.15) is 11.6 Å². The maximum atomic E-state index is 4.59. The van der Waals surface area contributed by atoms with E-state index < -0.39 is 0 Å². The van der Waals surface area contributed by atoms with E-state index in [1.165, 1.54) is 0 Å². The predicted octanol–water partition coefficient (Wildman–Crippen LogP) is 2.93. The summed E-state index contributed by atoms with van der Waals surface area (Å²) < 4.78 is 2.15. The van der Waals surface area contributed by atoms with Gasteiger partial charge in [0.15, 0.2) is 5.82 Å². The lowest BCUT2D eigenvalue weighted by atomic mass is 10.1. The molecule has 5 heteroatoms. The van der Waals surface area contributed by atoms with E-state index in [1.54, 1.807) is 0 Å². The van der Waals surface area contributed by atoms with Crippen molar-refractivity contribution in [1.82, 2.24) is 24.7 Å². The van der Waals surface area contributed by atoms with E-state index >= 15 is 0 Å². The minimum atomic E-state index is 0.108. The van der Waals surface area contributed by atoms with Crippen molar-refractivity contribution >= 4 is 0 Å². The van der Waals surface area contributed by atoms with Gasteiger partial charge in [-0.15, -0.1) is 0 Å². The van der Waals surface area contributed by atoms with Gasteiger partial charge in [0, 0.05) is 24.7 Å². The summed E-state index contributed by atoms with van der Waals surface area (Å²) in [4.78, 5) is 9.01. The van der Waals surface area contributed by atoms with Crippen LogP contribution in [0.3, 0.4) is 0 Å². The number of nitrogens with zero attached hydrogens (tertiary/aromatic N) is 4. The topological polar surface area (TPSA) is 59.4 Å². The average Bonchev–Trinajstić information content (AvgIpc) is 2.94. The molecule has 5 nitrogen and oxygen atoms in total. The number of rotatable bonds is 5. The molecule has 0 saturated carbocycles. The summed E-state index contributed by atoms with van der Waals surface area (Å²) in [5, 5.41) is 7.37. The Kier molecular flexibility index (Phi) is 4.02. The number of hydrogen-bond acceptors (Lipinski definition) is 3. The molecular formula is C14H23N5. The molecule has 1 atom stereocenters. The second kappa shape index (κ2) is 5.55. The number of nitrogens with one attached hydrogen (secondary N) is 1. The van der Waals surface area contributed by atoms with Crippen molar-refractivity contribution in [2.24, 2.45) is 5.92 Å². The van der Waals surface area contributed by atoms with Crippen LogP contribution in [0.25, 0.3) is 0 Å². The van der Waals surface area contributed by atoms with Gasteiger partial charge < -0.3 is 4.57 Å². The van der Waals surface area contributed by atoms with Crippen molar-refractivity contribution in [2.75, 3.05) is 0 Å². The van der Waals surface area contributed by atoms with Crippen LogP contribution in [0.15, 0.2) is 12.4 Å². The lowest BCUT2D eigenvalue weighted by Gasteiger charge is -2.15. The fourth-order valence-corrected chi connectivity index (χ4v) is 2.20. The third kappa shape index (κ3) is 3.03. The second-order valence-corrected chi connectivity index (χ2v) is 5.76. The molecule has 0 aromatic carbocycles. The molecule has 2 aromatic heterocycles. The lowest BCUT2D eigenvalue weighted by molar-refractivity contribution is 0.553. The van der Waals surface area contributed by atoms with E-state index in [-0.39, 0.29) is 6.04 Å². The maximum Gasteiger partial charge on any atom is 0.173 e. The molecule has 1 N–H and O–H groups in total. The first kappa shape index (κ1) is 13.8. The minimum Gasteiger partial charge on any atom is -0.324 e. The van der Waals surface area contributed by atoms with Crippen LogP contribution in [-0.2, 0) is 6.42 Å². The normalized spacial score (nSPS) is 13.4. The standard InChI is InChI=1S/C14H23N5/c1-9(2)8-12-16-13(18-17-12)11(5)19-7-6-15-14(19)10(3)4/h6-7,9-11H,8H2,1-5H3,(H,16,17,18). The van der Waals surface area contributed by atoms with Gasteiger partial charge in [-0.3, -0.25) is 5.10 Å². The molecule has 2 rings (SSSR count). The Morgan fingerprint density at radius 1 is 1.21 bits per heavy atom. The van der Waals surface area contributed by atoms with Gasteiger partial charge in [0.05, 0.1) is 6.04 Å². The van der Waals surface area contributed by atoms with E-state index in [4.69, 9.17) is 0 Å². The van der Waals surface area contributed by atoms with Crippen molar-refractivity contribution in [3.05, 3.63) is 29.9 Å². The molecule has 0 spiro atoms. The zero-order chi connectivity index (χ0) is 14.0. The molecule has 104 valence electrons. The first-order valence-corrected chi connectivity index (χ1v) is 6.93. The van der Waals surface area contributed by atoms with Crippen molar-refractivity contribution in [1.29, 1.82) is 0 Å². The molecule has 1 unspecified atom stereocenters. The van der Waals surface area contributed by atoms with Crippen LogP contribution in [-0.4, -0.2) is 24.7 Å². The van der Waals surface area contributed by atoms with Gasteiger partial charge >= 0.3 is 0 Å². The fourth-order valence-electron chi connectivity index (χ4n) is 2.20. The Bertz CT molecular complexity index is 523. The maximum absolute atomic E-state index is 4.59. The summed E-state index contributed by atoms with van der Waals surface area (Å²) in [5.74, 6) is 3.84. The Morgan fingerprint density at radius 3 is 2.58 bits per heavy atom. The monoisotopic (exact) mass is 261 g/mol. The van der Waals surface area contributed by atoms with E-state index in [1.807, 2.05) is 12.4 Å². The fraction of sp³-hybridized carbons (Fsp3) is 0.643. The Hall–Kier alpha value is -1.65. The van der Waals surface area contributed by atoms with Gasteiger partial charge in [0.25, 0.3) is 0 Å². The van der Waals surface area contributed by atoms with E-state index in [0.29, 0.717) is 11.8 Å². The van der Waals surface area contributed by atoms with Gasteiger partial charge in [-0.2, -0.15) is 5.10 Å². The molecule has 0 aliphatic rings. The smallest absolute Gasteiger partial charge is 0.173 e. The van der Waals surface area contributed by atoms with Crippen molar-refractivity contribution < 1.29 is 0 Å². The first-order valence-electron chi connectivity index (χ1n) is 6.93. The van der Waals surface area contributed by atoms with Crippen molar-refractivity contribution in [2.45, 2.75) is 53.0 Å². The van der Waals surface area contributed by atoms with Crippen LogP contribution in [0.4, 0.5) is 0 Å². The molecule has 0 amide bonds. The molecule has 19 heavy (non-hydrogen) atoms. The summed E-state index contributed by atoms with van der Waals surface area (Å²) >= 11 is 0. The van der Waals surface area contributed by atoms with Crippen molar-refractivity contribution in [3.63, 3.8) is 0 Å². The van der Waals surface area contributed by atoms with E-state index in [9.17, 15) is 0 Å². The van der Waals surface area contributed by atoms with Crippen LogP contribution in [0.5, 0.6) is 0 Å². The molecule has 0 radical (unpaired) electrons. The Morgan fingerprint density at radius 2 is 1.95 bits per heavy atom. The molecular weight excluding hydrogens is 238 g/mol. The van der Waals surface area contributed by atoms with Gasteiger partial charge in [0.2, 0.25) is 0 Å². The molecule has 2 aromatic rings. The minimum absolute atomic E-state index is 0.108. The zero-order valence-electron chi connectivity index (χ0n) is 12.4. The molecule has 0 aliphatic heterocycles. The SMILES string of the molecule is CC(C)Cc1nc(C(C)n2ccnc2C(C)C)n[nH]1. The predicted molar refractivity (Wildman–Crippen MR) is 75.1 cm³/mol. The number of hydrogen-bond donors (Lipinski definition) is 1. The second-order valence-electron chi connectivity index (χ2n) is 5.76. The quantitative estimate of drug-likeness (QED) is 0.900. The highest BCUT2D eigenvalue weighted by Crippen LogP contribution is 2.20. The lowest BCUT2D eigenvalue weighted by Crippen LogP contribution is -2.12.